The Balaban J connectivity index is 1.65. The number of rotatable bonds is 4. The van der Waals surface area contributed by atoms with E-state index in [-0.39, 0.29) is 0 Å². The summed E-state index contributed by atoms with van der Waals surface area (Å²) >= 11 is 0. The van der Waals surface area contributed by atoms with Crippen LogP contribution < -0.4 is 0 Å². The number of imidazole rings is 1. The summed E-state index contributed by atoms with van der Waals surface area (Å²) in [6.07, 6.45) is 7.19. The molecule has 0 radical (unpaired) electrons. The molecular formula is C15H21N5O2S. The van der Waals surface area contributed by atoms with E-state index in [0.717, 1.165) is 42.2 Å². The average Bonchev–Trinajstić information content (AvgIpc) is 2.94. The number of aryl methyl sites for hydroxylation is 1. The number of piperidine rings is 1. The van der Waals surface area contributed by atoms with Crippen molar-refractivity contribution in [3.8, 4) is 11.5 Å². The van der Waals surface area contributed by atoms with Crippen molar-refractivity contribution in [2.24, 2.45) is 5.92 Å². The Labute approximate surface area is 136 Å². The molecule has 3 heterocycles. The molecule has 1 saturated heterocycles. The van der Waals surface area contributed by atoms with Gasteiger partial charge in [-0.05, 0) is 38.2 Å². The SMILES string of the molecule is Cc1cnc(-c2cc(CC3CCN(S(C)(=O)=O)CC3)ncn2)[nH]1. The molecule has 0 amide bonds. The smallest absolute Gasteiger partial charge is 0.211 e. The van der Waals surface area contributed by atoms with Crippen LogP contribution in [0.3, 0.4) is 0 Å². The highest BCUT2D eigenvalue weighted by Crippen LogP contribution is 2.23. The van der Waals surface area contributed by atoms with Crippen LogP contribution in [0, 0.1) is 12.8 Å². The number of hydrogen-bond donors (Lipinski definition) is 1. The normalized spacial score (nSPS) is 17.5. The van der Waals surface area contributed by atoms with Gasteiger partial charge in [0.1, 0.15) is 12.0 Å². The maximum Gasteiger partial charge on any atom is 0.211 e. The number of aromatic nitrogens is 4. The van der Waals surface area contributed by atoms with Gasteiger partial charge >= 0.3 is 0 Å². The van der Waals surface area contributed by atoms with Crippen molar-refractivity contribution in [1.29, 1.82) is 0 Å². The van der Waals surface area contributed by atoms with Gasteiger partial charge in [-0.25, -0.2) is 27.7 Å². The minimum Gasteiger partial charge on any atom is -0.341 e. The van der Waals surface area contributed by atoms with Gasteiger partial charge < -0.3 is 4.98 Å². The third-order valence-corrected chi connectivity index (χ3v) is 5.51. The number of H-pyrrole nitrogens is 1. The molecule has 1 fully saturated rings. The molecule has 1 aliphatic rings. The number of nitrogens with one attached hydrogen (secondary N) is 1. The highest BCUT2D eigenvalue weighted by atomic mass is 32.2. The van der Waals surface area contributed by atoms with E-state index in [1.807, 2.05) is 13.0 Å². The predicted molar refractivity (Wildman–Crippen MR) is 87.2 cm³/mol. The number of aromatic amines is 1. The summed E-state index contributed by atoms with van der Waals surface area (Å²) in [5.74, 6) is 1.20. The van der Waals surface area contributed by atoms with Crippen LogP contribution >= 0.6 is 0 Å². The van der Waals surface area contributed by atoms with Crippen LogP contribution in [0.5, 0.6) is 0 Å². The summed E-state index contributed by atoms with van der Waals surface area (Å²) in [5, 5.41) is 0. The lowest BCUT2D eigenvalue weighted by Gasteiger charge is -2.30. The quantitative estimate of drug-likeness (QED) is 0.911. The Bertz CT molecular complexity index is 779. The largest absolute Gasteiger partial charge is 0.341 e. The molecule has 8 heteroatoms. The second-order valence-corrected chi connectivity index (χ2v) is 8.10. The number of hydrogen-bond acceptors (Lipinski definition) is 5. The zero-order chi connectivity index (χ0) is 16.4. The standard InChI is InChI=1S/C15H21N5O2S/c1-11-9-16-15(19-11)14-8-13(17-10-18-14)7-12-3-5-20(6-4-12)23(2,21)22/h8-10,12H,3-7H2,1-2H3,(H,16,19). The van der Waals surface area contributed by atoms with E-state index in [9.17, 15) is 8.42 Å². The van der Waals surface area contributed by atoms with Crippen molar-refractivity contribution in [2.45, 2.75) is 26.2 Å². The van der Waals surface area contributed by atoms with E-state index in [1.54, 1.807) is 16.8 Å². The van der Waals surface area contributed by atoms with Gasteiger partial charge in [0.25, 0.3) is 0 Å². The van der Waals surface area contributed by atoms with Gasteiger partial charge in [-0.3, -0.25) is 0 Å². The molecule has 3 rings (SSSR count). The lowest BCUT2D eigenvalue weighted by molar-refractivity contribution is 0.273. The van der Waals surface area contributed by atoms with E-state index in [4.69, 9.17) is 0 Å². The van der Waals surface area contributed by atoms with Crippen LogP contribution in [0.1, 0.15) is 24.2 Å². The van der Waals surface area contributed by atoms with Gasteiger partial charge in [0.2, 0.25) is 10.0 Å². The molecule has 23 heavy (non-hydrogen) atoms. The Kier molecular flexibility index (Phi) is 4.45. The molecule has 2 aromatic heterocycles. The Morgan fingerprint density at radius 3 is 2.61 bits per heavy atom. The first-order valence-electron chi connectivity index (χ1n) is 7.70. The van der Waals surface area contributed by atoms with E-state index >= 15 is 0 Å². The van der Waals surface area contributed by atoms with Crippen molar-refractivity contribution in [1.82, 2.24) is 24.2 Å². The van der Waals surface area contributed by atoms with Crippen molar-refractivity contribution in [3.63, 3.8) is 0 Å². The van der Waals surface area contributed by atoms with Crippen LogP contribution in [-0.4, -0.2) is 52.0 Å². The lowest BCUT2D eigenvalue weighted by atomic mass is 9.93. The summed E-state index contributed by atoms with van der Waals surface area (Å²) < 4.78 is 24.7. The summed E-state index contributed by atoms with van der Waals surface area (Å²) in [6, 6.07) is 1.96. The Morgan fingerprint density at radius 2 is 2.00 bits per heavy atom. The number of nitrogens with zero attached hydrogens (tertiary/aromatic N) is 4. The molecule has 1 N–H and O–H groups in total. The van der Waals surface area contributed by atoms with Gasteiger partial charge in [0.15, 0.2) is 5.82 Å². The van der Waals surface area contributed by atoms with Gasteiger partial charge in [-0.1, -0.05) is 0 Å². The van der Waals surface area contributed by atoms with Crippen LogP contribution in [0.2, 0.25) is 0 Å². The summed E-state index contributed by atoms with van der Waals surface area (Å²) in [5.41, 5.74) is 2.76. The first-order valence-corrected chi connectivity index (χ1v) is 9.54. The van der Waals surface area contributed by atoms with Crippen molar-refractivity contribution in [2.75, 3.05) is 19.3 Å². The average molecular weight is 335 g/mol. The molecule has 0 spiro atoms. The van der Waals surface area contributed by atoms with Crippen molar-refractivity contribution in [3.05, 3.63) is 30.0 Å². The zero-order valence-corrected chi connectivity index (χ0v) is 14.2. The molecule has 0 aromatic carbocycles. The monoisotopic (exact) mass is 335 g/mol. The maximum atomic E-state index is 11.5. The molecule has 0 atom stereocenters. The Hall–Kier alpha value is -1.80. The Morgan fingerprint density at radius 1 is 1.26 bits per heavy atom. The molecule has 7 nitrogen and oxygen atoms in total. The molecule has 0 aliphatic carbocycles. The summed E-state index contributed by atoms with van der Waals surface area (Å²) in [4.78, 5) is 16.1. The third kappa shape index (κ3) is 3.94. The van der Waals surface area contributed by atoms with Gasteiger partial charge in [-0.15, -0.1) is 0 Å². The fraction of sp³-hybridized carbons (Fsp3) is 0.533. The first kappa shape index (κ1) is 16.1. The first-order chi connectivity index (χ1) is 10.9. The molecule has 0 saturated carbocycles. The van der Waals surface area contributed by atoms with Gasteiger partial charge in [0, 0.05) is 30.7 Å². The van der Waals surface area contributed by atoms with Crippen molar-refractivity contribution >= 4 is 10.0 Å². The molecule has 124 valence electrons. The minimum atomic E-state index is -3.07. The van der Waals surface area contributed by atoms with Crippen LogP contribution in [0.25, 0.3) is 11.5 Å². The van der Waals surface area contributed by atoms with Crippen molar-refractivity contribution < 1.29 is 8.42 Å². The second kappa shape index (κ2) is 6.37. The van der Waals surface area contributed by atoms with Crippen LogP contribution in [0.4, 0.5) is 0 Å². The summed E-state index contributed by atoms with van der Waals surface area (Å²) in [7, 11) is -3.07. The lowest BCUT2D eigenvalue weighted by Crippen LogP contribution is -2.38. The van der Waals surface area contributed by atoms with E-state index < -0.39 is 10.0 Å². The highest BCUT2D eigenvalue weighted by molar-refractivity contribution is 7.88. The minimum absolute atomic E-state index is 0.453. The third-order valence-electron chi connectivity index (χ3n) is 4.21. The van der Waals surface area contributed by atoms with E-state index in [0.29, 0.717) is 19.0 Å². The summed E-state index contributed by atoms with van der Waals surface area (Å²) in [6.45, 7) is 3.14. The molecule has 2 aromatic rings. The van der Waals surface area contributed by atoms with Gasteiger partial charge in [0.05, 0.1) is 6.26 Å². The topological polar surface area (TPSA) is 91.8 Å². The van der Waals surface area contributed by atoms with Gasteiger partial charge in [-0.2, -0.15) is 0 Å². The fourth-order valence-electron chi connectivity index (χ4n) is 2.92. The fourth-order valence-corrected chi connectivity index (χ4v) is 3.80. The van der Waals surface area contributed by atoms with Crippen LogP contribution in [0.15, 0.2) is 18.6 Å². The van der Waals surface area contributed by atoms with E-state index in [2.05, 4.69) is 19.9 Å². The molecular weight excluding hydrogens is 314 g/mol. The maximum absolute atomic E-state index is 11.5. The molecule has 0 unspecified atom stereocenters. The predicted octanol–water partition coefficient (Wildman–Crippen LogP) is 1.39. The molecule has 1 aliphatic heterocycles. The van der Waals surface area contributed by atoms with E-state index in [1.165, 1.54) is 6.26 Å². The second-order valence-electron chi connectivity index (χ2n) is 6.12. The molecule has 0 bridgehead atoms. The van der Waals surface area contributed by atoms with Crippen LogP contribution in [-0.2, 0) is 16.4 Å². The highest BCUT2D eigenvalue weighted by Gasteiger charge is 2.25. The number of sulfonamides is 1. The zero-order valence-electron chi connectivity index (χ0n) is 13.4.